The van der Waals surface area contributed by atoms with Crippen molar-refractivity contribution in [3.05, 3.63) is 29.3 Å². The van der Waals surface area contributed by atoms with E-state index in [0.29, 0.717) is 5.78 Å². The zero-order chi connectivity index (χ0) is 12.5. The highest BCUT2D eigenvalue weighted by atomic mass is 16.5. The second kappa shape index (κ2) is 4.52. The lowest BCUT2D eigenvalue weighted by molar-refractivity contribution is 0.0738. The van der Waals surface area contributed by atoms with E-state index in [-0.39, 0.29) is 5.41 Å². The molecule has 0 saturated carbocycles. The fraction of sp³-hybridized carbons (Fsp3) is 0.533. The second-order valence-electron chi connectivity index (χ2n) is 4.84. The summed E-state index contributed by atoms with van der Waals surface area (Å²) in [5.74, 6) is 1.09. The Morgan fingerprint density at radius 3 is 2.59 bits per heavy atom. The number of methoxy groups -OCH3 is 1. The first-order valence-electron chi connectivity index (χ1n) is 6.38. The molecule has 1 aliphatic carbocycles. The summed E-state index contributed by atoms with van der Waals surface area (Å²) in [6.45, 7) is 4.24. The summed E-state index contributed by atoms with van der Waals surface area (Å²) >= 11 is 0. The summed E-state index contributed by atoms with van der Waals surface area (Å²) in [5, 5.41) is 0. The van der Waals surface area contributed by atoms with Crippen LogP contribution < -0.4 is 4.74 Å². The van der Waals surface area contributed by atoms with E-state index in [0.717, 1.165) is 37.0 Å². The van der Waals surface area contributed by atoms with Gasteiger partial charge < -0.3 is 4.74 Å². The Morgan fingerprint density at radius 2 is 2.00 bits per heavy atom. The monoisotopic (exact) mass is 232 g/mol. The number of hydrogen-bond acceptors (Lipinski definition) is 2. The molecule has 0 bridgehead atoms. The maximum Gasteiger partial charge on any atom is 0.169 e. The Bertz CT molecular complexity index is 431. The van der Waals surface area contributed by atoms with Gasteiger partial charge in [0.15, 0.2) is 5.78 Å². The first kappa shape index (κ1) is 12.2. The fourth-order valence-electron chi connectivity index (χ4n) is 2.81. The van der Waals surface area contributed by atoms with Crippen molar-refractivity contribution in [1.29, 1.82) is 0 Å². The Hall–Kier alpha value is -1.31. The molecular formula is C15H20O2. The van der Waals surface area contributed by atoms with Crippen molar-refractivity contribution in [3.63, 3.8) is 0 Å². The second-order valence-corrected chi connectivity index (χ2v) is 4.84. The molecule has 92 valence electrons. The third kappa shape index (κ3) is 1.86. The molecule has 0 N–H and O–H groups in total. The maximum atomic E-state index is 12.6. The third-order valence-electron chi connectivity index (χ3n) is 4.27. The predicted octanol–water partition coefficient (Wildman–Crippen LogP) is 3.63. The summed E-state index contributed by atoms with van der Waals surface area (Å²) in [7, 11) is 1.64. The molecule has 1 aromatic rings. The molecule has 0 aliphatic heterocycles. The Labute approximate surface area is 103 Å². The van der Waals surface area contributed by atoms with Gasteiger partial charge >= 0.3 is 0 Å². The van der Waals surface area contributed by atoms with Crippen molar-refractivity contribution >= 4 is 5.78 Å². The lowest BCUT2D eigenvalue weighted by Crippen LogP contribution is -2.35. The summed E-state index contributed by atoms with van der Waals surface area (Å²) in [5.41, 5.74) is 1.91. The molecule has 17 heavy (non-hydrogen) atoms. The molecule has 0 saturated heterocycles. The Balaban J connectivity index is 2.46. The minimum absolute atomic E-state index is 0.140. The van der Waals surface area contributed by atoms with E-state index in [1.54, 1.807) is 7.11 Å². The number of hydrogen-bond donors (Lipinski definition) is 0. The number of carbonyl (C=O) groups is 1. The Kier molecular flexibility index (Phi) is 3.23. The van der Waals surface area contributed by atoms with Crippen LogP contribution in [-0.2, 0) is 6.42 Å². The molecule has 0 heterocycles. The molecular weight excluding hydrogens is 212 g/mol. The van der Waals surface area contributed by atoms with Crippen LogP contribution in [-0.4, -0.2) is 12.9 Å². The first-order valence-corrected chi connectivity index (χ1v) is 6.38. The first-order chi connectivity index (χ1) is 8.16. The van der Waals surface area contributed by atoms with Crippen LogP contribution >= 0.6 is 0 Å². The van der Waals surface area contributed by atoms with Gasteiger partial charge in [0.25, 0.3) is 0 Å². The molecule has 0 amide bonds. The van der Waals surface area contributed by atoms with E-state index in [1.807, 2.05) is 18.2 Å². The van der Waals surface area contributed by atoms with Gasteiger partial charge in [-0.3, -0.25) is 4.79 Å². The van der Waals surface area contributed by atoms with E-state index in [9.17, 15) is 4.79 Å². The Morgan fingerprint density at radius 1 is 1.29 bits per heavy atom. The summed E-state index contributed by atoms with van der Waals surface area (Å²) < 4.78 is 5.21. The number of ketones is 1. The van der Waals surface area contributed by atoms with Crippen LogP contribution in [0, 0.1) is 5.41 Å². The van der Waals surface area contributed by atoms with E-state index >= 15 is 0 Å². The molecule has 0 spiro atoms. The van der Waals surface area contributed by atoms with E-state index in [4.69, 9.17) is 4.74 Å². The molecule has 0 radical (unpaired) electrons. The normalized spacial score (nSPS) is 17.7. The largest absolute Gasteiger partial charge is 0.497 e. The smallest absolute Gasteiger partial charge is 0.169 e. The number of aryl methyl sites for hydroxylation is 1. The maximum absolute atomic E-state index is 12.6. The highest BCUT2D eigenvalue weighted by molar-refractivity contribution is 6.03. The number of ether oxygens (including phenoxy) is 1. The van der Waals surface area contributed by atoms with Gasteiger partial charge in [-0.15, -0.1) is 0 Å². The molecule has 0 unspecified atom stereocenters. The fourth-order valence-corrected chi connectivity index (χ4v) is 2.81. The van der Waals surface area contributed by atoms with Gasteiger partial charge in [-0.25, -0.2) is 0 Å². The van der Waals surface area contributed by atoms with Crippen LogP contribution in [0.3, 0.4) is 0 Å². The van der Waals surface area contributed by atoms with Crippen molar-refractivity contribution in [2.75, 3.05) is 7.11 Å². The lowest BCUT2D eigenvalue weighted by Gasteiger charge is -2.35. The van der Waals surface area contributed by atoms with Gasteiger partial charge in [-0.2, -0.15) is 0 Å². The van der Waals surface area contributed by atoms with Crippen LogP contribution in [0.15, 0.2) is 18.2 Å². The minimum Gasteiger partial charge on any atom is -0.497 e. The van der Waals surface area contributed by atoms with E-state index < -0.39 is 0 Å². The van der Waals surface area contributed by atoms with Crippen LogP contribution in [0.4, 0.5) is 0 Å². The van der Waals surface area contributed by atoms with Crippen molar-refractivity contribution < 1.29 is 9.53 Å². The average molecular weight is 232 g/mol. The van der Waals surface area contributed by atoms with Gasteiger partial charge in [-0.1, -0.05) is 19.9 Å². The topological polar surface area (TPSA) is 26.3 Å². The molecule has 0 aromatic heterocycles. The summed E-state index contributed by atoms with van der Waals surface area (Å²) in [6, 6.07) is 5.87. The minimum atomic E-state index is -0.140. The summed E-state index contributed by atoms with van der Waals surface area (Å²) in [6.07, 6.45) is 3.85. The van der Waals surface area contributed by atoms with Crippen molar-refractivity contribution in [3.8, 4) is 5.75 Å². The highest BCUT2D eigenvalue weighted by Crippen LogP contribution is 2.41. The van der Waals surface area contributed by atoms with Crippen LogP contribution in [0.1, 0.15) is 49.0 Å². The van der Waals surface area contributed by atoms with Crippen molar-refractivity contribution in [1.82, 2.24) is 0 Å². The number of Topliss-reactive ketones (excluding diaryl/α,β-unsaturated/α-hetero) is 1. The third-order valence-corrected chi connectivity index (χ3v) is 4.27. The number of benzene rings is 1. The van der Waals surface area contributed by atoms with Crippen LogP contribution in [0.5, 0.6) is 5.75 Å². The van der Waals surface area contributed by atoms with E-state index in [2.05, 4.69) is 13.8 Å². The van der Waals surface area contributed by atoms with Crippen molar-refractivity contribution in [2.45, 2.75) is 39.5 Å². The molecule has 0 atom stereocenters. The molecule has 1 aliphatic rings. The molecule has 2 nitrogen and oxygen atoms in total. The highest BCUT2D eigenvalue weighted by Gasteiger charge is 2.39. The molecule has 0 fully saturated rings. The van der Waals surface area contributed by atoms with Gasteiger partial charge in [0.05, 0.1) is 7.11 Å². The predicted molar refractivity (Wildman–Crippen MR) is 68.7 cm³/mol. The summed E-state index contributed by atoms with van der Waals surface area (Å²) in [4.78, 5) is 12.6. The van der Waals surface area contributed by atoms with Crippen molar-refractivity contribution in [2.24, 2.45) is 5.41 Å². The van der Waals surface area contributed by atoms with Crippen LogP contribution in [0.25, 0.3) is 0 Å². The zero-order valence-corrected chi connectivity index (χ0v) is 10.9. The molecule has 2 rings (SSSR count). The molecule has 2 heteroatoms. The quantitative estimate of drug-likeness (QED) is 0.795. The van der Waals surface area contributed by atoms with Gasteiger partial charge in [-0.05, 0) is 43.4 Å². The zero-order valence-electron chi connectivity index (χ0n) is 10.9. The van der Waals surface area contributed by atoms with Gasteiger partial charge in [0.1, 0.15) is 5.75 Å². The van der Waals surface area contributed by atoms with Crippen LogP contribution in [0.2, 0.25) is 0 Å². The lowest BCUT2D eigenvalue weighted by atomic mass is 9.67. The standard InChI is InChI=1S/C15H20O2/c1-4-15(5-2)9-8-11-6-7-12(17-3)10-13(11)14(15)16/h6-7,10H,4-5,8-9H2,1-3H3. The molecule has 1 aromatic carbocycles. The average Bonchev–Trinajstić information content (AvgIpc) is 2.40. The van der Waals surface area contributed by atoms with Gasteiger partial charge in [0.2, 0.25) is 0 Å². The number of rotatable bonds is 3. The SMILES string of the molecule is CCC1(CC)CCc2ccc(OC)cc2C1=O. The van der Waals surface area contributed by atoms with Gasteiger partial charge in [0, 0.05) is 11.0 Å². The number of carbonyl (C=O) groups excluding carboxylic acids is 1. The number of fused-ring (bicyclic) bond motifs is 1. The van der Waals surface area contributed by atoms with E-state index in [1.165, 1.54) is 5.56 Å².